The number of sulfonamides is 1. The van der Waals surface area contributed by atoms with E-state index in [1.54, 1.807) is 24.3 Å². The van der Waals surface area contributed by atoms with Crippen LogP contribution in [0.25, 0.3) is 11.1 Å². The molecule has 0 aliphatic rings. The highest BCUT2D eigenvalue weighted by Gasteiger charge is 2.17. The van der Waals surface area contributed by atoms with E-state index in [4.69, 9.17) is 33.1 Å². The number of rotatable bonds is 3. The van der Waals surface area contributed by atoms with Gasteiger partial charge in [-0.3, -0.25) is 0 Å². The molecule has 0 radical (unpaired) electrons. The summed E-state index contributed by atoms with van der Waals surface area (Å²) in [5.74, 6) is 0.175. The number of hydrogen-bond acceptors (Lipinski definition) is 3. The number of nitrogens with two attached hydrogens (primary N) is 1. The van der Waals surface area contributed by atoms with Crippen molar-refractivity contribution in [3.63, 3.8) is 0 Å². The molecule has 0 atom stereocenters. The van der Waals surface area contributed by atoms with Crippen molar-refractivity contribution in [2.45, 2.75) is 4.90 Å². The third-order valence-corrected chi connectivity index (χ3v) is 4.21. The number of primary sulfonamides is 1. The van der Waals surface area contributed by atoms with E-state index in [-0.39, 0.29) is 10.6 Å². The van der Waals surface area contributed by atoms with Crippen LogP contribution in [0.4, 0.5) is 0 Å². The van der Waals surface area contributed by atoms with E-state index < -0.39 is 10.0 Å². The van der Waals surface area contributed by atoms with Gasteiger partial charge in [-0.1, -0.05) is 29.3 Å². The van der Waals surface area contributed by atoms with E-state index >= 15 is 0 Å². The van der Waals surface area contributed by atoms with Crippen molar-refractivity contribution < 1.29 is 13.2 Å². The van der Waals surface area contributed by atoms with Gasteiger partial charge in [0.15, 0.2) is 0 Å². The Morgan fingerprint density at radius 2 is 1.80 bits per heavy atom. The van der Waals surface area contributed by atoms with E-state index in [1.165, 1.54) is 19.2 Å². The smallest absolute Gasteiger partial charge is 0.241 e. The maximum absolute atomic E-state index is 11.6. The Kier molecular flexibility index (Phi) is 4.25. The third-order valence-electron chi connectivity index (χ3n) is 2.71. The molecule has 0 spiro atoms. The fourth-order valence-corrected chi connectivity index (χ4v) is 2.91. The largest absolute Gasteiger partial charge is 0.495 e. The molecule has 106 valence electrons. The summed E-state index contributed by atoms with van der Waals surface area (Å²) in [6.45, 7) is 0. The van der Waals surface area contributed by atoms with Gasteiger partial charge in [-0.2, -0.15) is 0 Å². The number of benzene rings is 2. The first-order chi connectivity index (χ1) is 9.32. The molecule has 4 nitrogen and oxygen atoms in total. The Morgan fingerprint density at radius 1 is 1.10 bits per heavy atom. The van der Waals surface area contributed by atoms with Gasteiger partial charge in [-0.25, -0.2) is 13.6 Å². The average Bonchev–Trinajstić information content (AvgIpc) is 2.40. The van der Waals surface area contributed by atoms with E-state index in [2.05, 4.69) is 0 Å². The predicted octanol–water partition coefficient (Wildman–Crippen LogP) is 3.32. The van der Waals surface area contributed by atoms with Crippen LogP contribution in [0.2, 0.25) is 10.0 Å². The maximum Gasteiger partial charge on any atom is 0.241 e. The van der Waals surface area contributed by atoms with E-state index in [0.29, 0.717) is 21.2 Å². The van der Waals surface area contributed by atoms with Gasteiger partial charge in [-0.05, 0) is 35.9 Å². The van der Waals surface area contributed by atoms with Crippen LogP contribution in [-0.4, -0.2) is 15.5 Å². The molecule has 0 amide bonds. The molecule has 0 aliphatic carbocycles. The molecular formula is C13H11Cl2NO3S. The zero-order valence-electron chi connectivity index (χ0n) is 10.4. The summed E-state index contributed by atoms with van der Waals surface area (Å²) < 4.78 is 28.2. The summed E-state index contributed by atoms with van der Waals surface area (Å²) in [6, 6.07) is 9.55. The number of ether oxygens (including phenoxy) is 1. The van der Waals surface area contributed by atoms with Crippen LogP contribution in [0, 0.1) is 0 Å². The van der Waals surface area contributed by atoms with Crippen molar-refractivity contribution in [3.05, 3.63) is 46.4 Å². The summed E-state index contributed by atoms with van der Waals surface area (Å²) in [6.07, 6.45) is 0. The van der Waals surface area contributed by atoms with Gasteiger partial charge in [0, 0.05) is 15.6 Å². The highest BCUT2D eigenvalue weighted by atomic mass is 35.5. The lowest BCUT2D eigenvalue weighted by atomic mass is 10.1. The average molecular weight is 332 g/mol. The third kappa shape index (κ3) is 3.07. The van der Waals surface area contributed by atoms with Crippen molar-refractivity contribution in [2.75, 3.05) is 7.11 Å². The molecule has 2 aromatic rings. The van der Waals surface area contributed by atoms with Crippen molar-refractivity contribution in [1.29, 1.82) is 0 Å². The Balaban J connectivity index is 2.68. The minimum absolute atomic E-state index is 0.103. The lowest BCUT2D eigenvalue weighted by Gasteiger charge is -2.10. The van der Waals surface area contributed by atoms with Crippen molar-refractivity contribution >= 4 is 33.2 Å². The SMILES string of the molecule is COc1ccc(-c2cc(Cl)ccc2Cl)cc1S(N)(=O)=O. The minimum atomic E-state index is -3.90. The maximum atomic E-state index is 11.6. The number of methoxy groups -OCH3 is 1. The molecule has 2 aromatic carbocycles. The van der Waals surface area contributed by atoms with Gasteiger partial charge < -0.3 is 4.74 Å². The van der Waals surface area contributed by atoms with Gasteiger partial charge in [-0.15, -0.1) is 0 Å². The van der Waals surface area contributed by atoms with Gasteiger partial charge in [0.25, 0.3) is 0 Å². The highest BCUT2D eigenvalue weighted by Crippen LogP contribution is 2.34. The Bertz CT molecular complexity index is 760. The quantitative estimate of drug-likeness (QED) is 0.937. The molecule has 0 saturated carbocycles. The van der Waals surface area contributed by atoms with E-state index in [0.717, 1.165) is 0 Å². The monoisotopic (exact) mass is 331 g/mol. The summed E-state index contributed by atoms with van der Waals surface area (Å²) in [5.41, 5.74) is 1.20. The van der Waals surface area contributed by atoms with Crippen LogP contribution in [0.15, 0.2) is 41.3 Å². The van der Waals surface area contributed by atoms with Crippen molar-refractivity contribution in [1.82, 2.24) is 0 Å². The minimum Gasteiger partial charge on any atom is -0.495 e. The van der Waals surface area contributed by atoms with Crippen LogP contribution in [0.3, 0.4) is 0 Å². The number of halogens is 2. The number of hydrogen-bond donors (Lipinski definition) is 1. The fraction of sp³-hybridized carbons (Fsp3) is 0.0769. The van der Waals surface area contributed by atoms with Crippen LogP contribution >= 0.6 is 23.2 Å². The zero-order chi connectivity index (χ0) is 14.9. The molecule has 7 heteroatoms. The second kappa shape index (κ2) is 5.61. The highest BCUT2D eigenvalue weighted by molar-refractivity contribution is 7.89. The van der Waals surface area contributed by atoms with Gasteiger partial charge >= 0.3 is 0 Å². The van der Waals surface area contributed by atoms with E-state index in [9.17, 15) is 8.42 Å². The lowest BCUT2D eigenvalue weighted by molar-refractivity contribution is 0.403. The second-order valence-electron chi connectivity index (χ2n) is 4.03. The predicted molar refractivity (Wildman–Crippen MR) is 79.8 cm³/mol. The molecule has 0 heterocycles. The second-order valence-corrected chi connectivity index (χ2v) is 6.41. The first kappa shape index (κ1) is 15.1. The Labute approximate surface area is 127 Å². The zero-order valence-corrected chi connectivity index (χ0v) is 12.8. The fourth-order valence-electron chi connectivity index (χ4n) is 1.79. The summed E-state index contributed by atoms with van der Waals surface area (Å²) in [4.78, 5) is -0.103. The Morgan fingerprint density at radius 3 is 2.40 bits per heavy atom. The molecule has 0 unspecified atom stereocenters. The van der Waals surface area contributed by atoms with Gasteiger partial charge in [0.05, 0.1) is 7.11 Å². The van der Waals surface area contributed by atoms with E-state index in [1.807, 2.05) is 0 Å². The molecule has 0 saturated heterocycles. The normalized spacial score (nSPS) is 11.4. The first-order valence-corrected chi connectivity index (χ1v) is 7.79. The summed E-state index contributed by atoms with van der Waals surface area (Å²) >= 11 is 12.0. The van der Waals surface area contributed by atoms with Crippen LogP contribution < -0.4 is 9.88 Å². The summed E-state index contributed by atoms with van der Waals surface area (Å²) in [5, 5.41) is 6.14. The summed E-state index contributed by atoms with van der Waals surface area (Å²) in [7, 11) is -2.53. The van der Waals surface area contributed by atoms with Gasteiger partial charge in [0.2, 0.25) is 10.0 Å². The lowest BCUT2D eigenvalue weighted by Crippen LogP contribution is -2.13. The van der Waals surface area contributed by atoms with Crippen LogP contribution in [0.5, 0.6) is 5.75 Å². The molecule has 2 rings (SSSR count). The van der Waals surface area contributed by atoms with Gasteiger partial charge in [0.1, 0.15) is 10.6 Å². The molecule has 0 aliphatic heterocycles. The van der Waals surface area contributed by atoms with Crippen molar-refractivity contribution in [3.8, 4) is 16.9 Å². The molecule has 2 N–H and O–H groups in total. The standard InChI is InChI=1S/C13H11Cl2NO3S/c1-19-12-5-2-8(6-13(12)20(16,17)18)10-7-9(14)3-4-11(10)15/h2-7H,1H3,(H2,16,17,18). The molecular weight excluding hydrogens is 321 g/mol. The molecule has 0 fully saturated rings. The molecule has 0 aromatic heterocycles. The van der Waals surface area contributed by atoms with Crippen LogP contribution in [0.1, 0.15) is 0 Å². The molecule has 0 bridgehead atoms. The van der Waals surface area contributed by atoms with Crippen LogP contribution in [-0.2, 0) is 10.0 Å². The van der Waals surface area contributed by atoms with Crippen molar-refractivity contribution in [2.24, 2.45) is 5.14 Å². The Hall–Kier alpha value is -1.27. The first-order valence-electron chi connectivity index (χ1n) is 5.49. The topological polar surface area (TPSA) is 69.4 Å². The molecule has 20 heavy (non-hydrogen) atoms.